The Morgan fingerprint density at radius 1 is 1.21 bits per heavy atom. The maximum atomic E-state index is 12.6. The quantitative estimate of drug-likeness (QED) is 0.254. The number of allylic oxidation sites excluding steroid dienone is 2. The number of carbonyl (C=O) groups is 4. The van der Waals surface area contributed by atoms with Crippen LogP contribution in [-0.2, 0) is 23.9 Å². The number of halogens is 3. The van der Waals surface area contributed by atoms with Crippen molar-refractivity contribution in [2.75, 3.05) is 13.7 Å². The first-order valence-corrected chi connectivity index (χ1v) is 11.9. The van der Waals surface area contributed by atoms with E-state index in [0.717, 1.165) is 0 Å². The van der Waals surface area contributed by atoms with E-state index < -0.39 is 33.3 Å². The Bertz CT molecular complexity index is 815. The van der Waals surface area contributed by atoms with Gasteiger partial charge in [0.25, 0.3) is 0 Å². The molecule has 0 aromatic heterocycles. The SMILES string of the molecule is CC(=O)NC1=C(I)C(COC(=O)C(C)(C)C)(C(=O)O)C(I)C(N(C)C(C)=O)=C1I. The van der Waals surface area contributed by atoms with Crippen molar-refractivity contribution in [1.29, 1.82) is 0 Å². The number of hydrogen-bond donors (Lipinski definition) is 2. The summed E-state index contributed by atoms with van der Waals surface area (Å²) in [6.07, 6.45) is 0. The van der Waals surface area contributed by atoms with Gasteiger partial charge in [0.2, 0.25) is 11.8 Å². The van der Waals surface area contributed by atoms with Crippen LogP contribution in [0.25, 0.3) is 0 Å². The average Bonchev–Trinajstić information content (AvgIpc) is 2.57. The molecule has 8 nitrogen and oxygen atoms in total. The van der Waals surface area contributed by atoms with Crippen molar-refractivity contribution in [3.63, 3.8) is 0 Å². The summed E-state index contributed by atoms with van der Waals surface area (Å²) >= 11 is 5.83. The molecule has 1 rings (SSSR count). The van der Waals surface area contributed by atoms with Crippen LogP contribution in [0.4, 0.5) is 0 Å². The molecule has 0 fully saturated rings. The number of esters is 1. The minimum absolute atomic E-state index is 0.291. The second kappa shape index (κ2) is 9.78. The highest BCUT2D eigenvalue weighted by Crippen LogP contribution is 2.52. The van der Waals surface area contributed by atoms with Gasteiger partial charge in [-0.25, -0.2) is 0 Å². The molecule has 1 aliphatic rings. The molecular formula is C18H23I3N2O6. The van der Waals surface area contributed by atoms with Crippen LogP contribution in [-0.4, -0.2) is 51.3 Å². The summed E-state index contributed by atoms with van der Waals surface area (Å²) in [5.41, 5.74) is -1.76. The molecule has 0 aliphatic heterocycles. The van der Waals surface area contributed by atoms with Gasteiger partial charge in [-0.1, -0.05) is 22.6 Å². The predicted molar refractivity (Wildman–Crippen MR) is 133 cm³/mol. The maximum absolute atomic E-state index is 12.6. The molecule has 1 aliphatic carbocycles. The van der Waals surface area contributed by atoms with Gasteiger partial charge in [-0.2, -0.15) is 0 Å². The second-order valence-electron chi connectivity index (χ2n) is 7.61. The highest BCUT2D eigenvalue weighted by atomic mass is 127. The Labute approximate surface area is 210 Å². The third-order valence-electron chi connectivity index (χ3n) is 4.29. The largest absolute Gasteiger partial charge is 0.480 e. The van der Waals surface area contributed by atoms with Crippen LogP contribution in [0.5, 0.6) is 0 Å². The summed E-state index contributed by atoms with van der Waals surface area (Å²) < 4.78 is 5.56. The lowest BCUT2D eigenvalue weighted by atomic mass is 9.79. The molecule has 2 atom stereocenters. The highest BCUT2D eigenvalue weighted by molar-refractivity contribution is 14.1. The zero-order valence-corrected chi connectivity index (χ0v) is 23.3. The molecule has 0 aromatic rings. The molecule has 0 saturated heterocycles. The lowest BCUT2D eigenvalue weighted by Gasteiger charge is -2.42. The highest BCUT2D eigenvalue weighted by Gasteiger charge is 2.56. The molecule has 29 heavy (non-hydrogen) atoms. The number of ether oxygens (including phenoxy) is 1. The molecule has 2 amide bonds. The van der Waals surface area contributed by atoms with Gasteiger partial charge in [-0.05, 0) is 66.0 Å². The molecule has 0 heterocycles. The summed E-state index contributed by atoms with van der Waals surface area (Å²) in [6, 6.07) is 0. The van der Waals surface area contributed by atoms with Crippen LogP contribution in [0, 0.1) is 10.8 Å². The summed E-state index contributed by atoms with van der Waals surface area (Å²) in [4.78, 5) is 50.1. The first-order valence-electron chi connectivity index (χ1n) is 8.45. The van der Waals surface area contributed by atoms with Crippen LogP contribution in [0.15, 0.2) is 18.6 Å². The number of rotatable bonds is 5. The number of nitrogens with zero attached hydrogens (tertiary/aromatic N) is 1. The Morgan fingerprint density at radius 3 is 2.10 bits per heavy atom. The molecule has 0 saturated carbocycles. The van der Waals surface area contributed by atoms with E-state index in [1.807, 2.05) is 67.8 Å². The van der Waals surface area contributed by atoms with E-state index in [9.17, 15) is 24.3 Å². The minimum atomic E-state index is -1.67. The normalized spacial score (nSPS) is 22.3. The molecule has 0 bridgehead atoms. The lowest BCUT2D eigenvalue weighted by Crippen LogP contribution is -2.52. The Morgan fingerprint density at radius 2 is 1.72 bits per heavy atom. The molecule has 11 heteroatoms. The van der Waals surface area contributed by atoms with Gasteiger partial charge in [0.05, 0.1) is 24.3 Å². The van der Waals surface area contributed by atoms with Crippen molar-refractivity contribution in [2.45, 2.75) is 38.5 Å². The van der Waals surface area contributed by atoms with E-state index in [1.165, 1.54) is 18.7 Å². The molecule has 0 spiro atoms. The number of carbonyl (C=O) groups excluding carboxylic acids is 3. The van der Waals surface area contributed by atoms with E-state index in [2.05, 4.69) is 5.32 Å². The monoisotopic (exact) mass is 744 g/mol. The Hall–Kier alpha value is -0.450. The van der Waals surface area contributed by atoms with Crippen molar-refractivity contribution in [3.8, 4) is 0 Å². The average molecular weight is 744 g/mol. The van der Waals surface area contributed by atoms with Gasteiger partial charge < -0.3 is 20.1 Å². The van der Waals surface area contributed by atoms with Gasteiger partial charge in [-0.15, -0.1) is 0 Å². The van der Waals surface area contributed by atoms with E-state index in [-0.39, 0.29) is 11.8 Å². The first-order chi connectivity index (χ1) is 13.1. The Kier molecular flexibility index (Phi) is 8.97. The number of amides is 2. The number of aliphatic carboxylic acids is 1. The summed E-state index contributed by atoms with van der Waals surface area (Å²) in [5, 5.41) is 12.9. The molecule has 162 valence electrons. The van der Waals surface area contributed by atoms with Gasteiger partial charge in [0.1, 0.15) is 6.61 Å². The fraction of sp³-hybridized carbons (Fsp3) is 0.556. The van der Waals surface area contributed by atoms with E-state index in [0.29, 0.717) is 18.6 Å². The van der Waals surface area contributed by atoms with Gasteiger partial charge in [0, 0.05) is 24.5 Å². The third-order valence-corrected chi connectivity index (χ3v) is 8.53. The van der Waals surface area contributed by atoms with Crippen molar-refractivity contribution >= 4 is 91.5 Å². The van der Waals surface area contributed by atoms with E-state index in [1.54, 1.807) is 27.8 Å². The smallest absolute Gasteiger partial charge is 0.319 e. The second-order valence-corrected chi connectivity index (χ2v) is 11.0. The zero-order valence-electron chi connectivity index (χ0n) is 16.9. The van der Waals surface area contributed by atoms with Crippen LogP contribution >= 0.6 is 67.8 Å². The number of hydrogen-bond acceptors (Lipinski definition) is 5. The standard InChI is InChI=1S/C18H23I3N2O6/c1-8(24)22-11-10(19)12(23(6)9(2)25)14(21)18(13(11)20,15(26)27)7-29-16(28)17(3,4)5/h14H,7H2,1-6H3,(H,22,24)(H,26,27). The topological polar surface area (TPSA) is 113 Å². The van der Waals surface area contributed by atoms with Gasteiger partial charge in [-0.3, -0.25) is 19.2 Å². The maximum Gasteiger partial charge on any atom is 0.319 e. The molecule has 0 aromatic carbocycles. The van der Waals surface area contributed by atoms with Crippen LogP contribution in [0.3, 0.4) is 0 Å². The number of carboxylic acid groups (broad SMARTS) is 1. The summed E-state index contributed by atoms with van der Waals surface area (Å²) in [7, 11) is 1.54. The first kappa shape index (κ1) is 26.6. The minimum Gasteiger partial charge on any atom is -0.480 e. The number of nitrogens with one attached hydrogen (secondary N) is 1. The van der Waals surface area contributed by atoms with Crippen LogP contribution < -0.4 is 5.32 Å². The summed E-state index contributed by atoms with van der Waals surface area (Å²) in [5.74, 6) is -2.44. The molecular weight excluding hydrogens is 721 g/mol. The van der Waals surface area contributed by atoms with Crippen molar-refractivity contribution in [1.82, 2.24) is 10.2 Å². The lowest BCUT2D eigenvalue weighted by molar-refractivity contribution is -0.161. The molecule has 0 radical (unpaired) electrons. The van der Waals surface area contributed by atoms with Crippen LogP contribution in [0.2, 0.25) is 0 Å². The fourth-order valence-corrected chi connectivity index (χ4v) is 7.85. The fourth-order valence-electron chi connectivity index (χ4n) is 2.47. The van der Waals surface area contributed by atoms with Gasteiger partial charge >= 0.3 is 11.9 Å². The number of alkyl halides is 1. The van der Waals surface area contributed by atoms with Crippen molar-refractivity contribution in [2.24, 2.45) is 10.8 Å². The van der Waals surface area contributed by atoms with E-state index in [4.69, 9.17) is 4.74 Å². The van der Waals surface area contributed by atoms with Crippen LogP contribution in [0.1, 0.15) is 34.6 Å². The van der Waals surface area contributed by atoms with Crippen molar-refractivity contribution < 1.29 is 29.0 Å². The molecule has 2 unspecified atom stereocenters. The van der Waals surface area contributed by atoms with Crippen molar-refractivity contribution in [3.05, 3.63) is 18.6 Å². The zero-order chi connectivity index (χ0) is 22.9. The number of carboxylic acids is 1. The predicted octanol–water partition coefficient (Wildman–Crippen LogP) is 3.37. The van der Waals surface area contributed by atoms with Gasteiger partial charge in [0.15, 0.2) is 5.41 Å². The van der Waals surface area contributed by atoms with E-state index >= 15 is 0 Å². The third kappa shape index (κ3) is 5.43. The summed E-state index contributed by atoms with van der Waals surface area (Å²) in [6.45, 7) is 7.26. The Balaban J connectivity index is 3.71. The molecule has 2 N–H and O–H groups in total.